The molecule has 2 aromatic carbocycles. The molecule has 1 amide bonds. The van der Waals surface area contributed by atoms with E-state index in [1.807, 2.05) is 62.4 Å². The molecular weight excluding hydrogens is 344 g/mol. The number of carbonyl (C=O) groups excluding carboxylic acids is 1. The summed E-state index contributed by atoms with van der Waals surface area (Å²) in [5.41, 5.74) is 2.37. The van der Waals surface area contributed by atoms with Gasteiger partial charge in [-0.1, -0.05) is 38.1 Å². The third-order valence-electron chi connectivity index (χ3n) is 3.64. The Morgan fingerprint density at radius 1 is 1.11 bits per heavy atom. The van der Waals surface area contributed by atoms with Crippen LogP contribution >= 0.6 is 0 Å². The third-order valence-corrected chi connectivity index (χ3v) is 3.64. The number of para-hydroxylation sites is 1. The number of anilines is 2. The molecule has 2 N–H and O–H groups in total. The molecule has 0 saturated carbocycles. The molecular formula is C19H22N6O2. The number of ether oxygens (including phenoxy) is 1. The predicted octanol–water partition coefficient (Wildman–Crippen LogP) is 3.48. The van der Waals surface area contributed by atoms with E-state index in [0.29, 0.717) is 30.6 Å². The van der Waals surface area contributed by atoms with Gasteiger partial charge in [0.1, 0.15) is 0 Å². The summed E-state index contributed by atoms with van der Waals surface area (Å²) in [5, 5.41) is 17.8. The van der Waals surface area contributed by atoms with Gasteiger partial charge >= 0.3 is 6.09 Å². The van der Waals surface area contributed by atoms with Crippen molar-refractivity contribution in [2.24, 2.45) is 5.92 Å². The Kier molecular flexibility index (Phi) is 5.98. The Bertz CT molecular complexity index is 879. The summed E-state index contributed by atoms with van der Waals surface area (Å²) < 4.78 is 6.81. The summed E-state index contributed by atoms with van der Waals surface area (Å²) in [6.45, 7) is 4.79. The van der Waals surface area contributed by atoms with E-state index in [1.165, 1.54) is 0 Å². The Morgan fingerprint density at radius 2 is 1.89 bits per heavy atom. The molecule has 0 radical (unpaired) electrons. The molecule has 8 heteroatoms. The zero-order valence-corrected chi connectivity index (χ0v) is 15.3. The largest absolute Gasteiger partial charge is 0.449 e. The van der Waals surface area contributed by atoms with Crippen molar-refractivity contribution in [3.05, 3.63) is 60.4 Å². The zero-order chi connectivity index (χ0) is 19.1. The first-order valence-corrected chi connectivity index (χ1v) is 8.72. The number of amides is 1. The molecule has 0 spiro atoms. The molecule has 0 aliphatic heterocycles. The van der Waals surface area contributed by atoms with Crippen LogP contribution in [-0.4, -0.2) is 32.9 Å². The molecule has 3 aromatic rings. The summed E-state index contributed by atoms with van der Waals surface area (Å²) in [6.07, 6.45) is -0.464. The van der Waals surface area contributed by atoms with Crippen LogP contribution in [0.25, 0.3) is 5.69 Å². The maximum absolute atomic E-state index is 11.8. The van der Waals surface area contributed by atoms with E-state index in [9.17, 15) is 4.79 Å². The fraction of sp³-hybridized carbons (Fsp3) is 0.263. The number of aromatic nitrogens is 4. The van der Waals surface area contributed by atoms with Crippen LogP contribution in [0.3, 0.4) is 0 Å². The molecule has 8 nitrogen and oxygen atoms in total. The molecule has 1 aromatic heterocycles. The van der Waals surface area contributed by atoms with Crippen LogP contribution in [0.15, 0.2) is 54.6 Å². The minimum atomic E-state index is -0.464. The van der Waals surface area contributed by atoms with Crippen molar-refractivity contribution < 1.29 is 9.53 Å². The molecule has 0 bridgehead atoms. The Hall–Kier alpha value is -3.42. The predicted molar refractivity (Wildman–Crippen MR) is 103 cm³/mol. The highest BCUT2D eigenvalue weighted by Gasteiger charge is 2.09. The third kappa shape index (κ3) is 5.27. The van der Waals surface area contributed by atoms with Gasteiger partial charge in [-0.25, -0.2) is 4.79 Å². The van der Waals surface area contributed by atoms with E-state index in [4.69, 9.17) is 4.74 Å². The average Bonchev–Trinajstić information content (AvgIpc) is 3.14. The minimum Gasteiger partial charge on any atom is -0.449 e. The fourth-order valence-electron chi connectivity index (χ4n) is 2.37. The second-order valence-corrected chi connectivity index (χ2v) is 6.39. The van der Waals surface area contributed by atoms with Crippen LogP contribution in [0.1, 0.15) is 19.7 Å². The smallest absolute Gasteiger partial charge is 0.411 e. The lowest BCUT2D eigenvalue weighted by atomic mass is 10.2. The van der Waals surface area contributed by atoms with Crippen LogP contribution in [0, 0.1) is 5.92 Å². The van der Waals surface area contributed by atoms with Gasteiger partial charge in [-0.2, -0.15) is 4.68 Å². The standard InChI is InChI=1S/C19H22N6O2/c1-14(2)13-27-19(26)21-16-8-6-7-15(11-16)20-12-18-22-23-24-25(18)17-9-4-3-5-10-17/h3-11,14,20H,12-13H2,1-2H3,(H,21,26). The molecule has 0 aliphatic carbocycles. The Balaban J connectivity index is 1.61. The number of rotatable bonds is 7. The van der Waals surface area contributed by atoms with Crippen molar-refractivity contribution in [3.63, 3.8) is 0 Å². The van der Waals surface area contributed by atoms with Gasteiger partial charge in [0.05, 0.1) is 18.8 Å². The molecule has 1 heterocycles. The highest BCUT2D eigenvalue weighted by atomic mass is 16.5. The zero-order valence-electron chi connectivity index (χ0n) is 15.3. The fourth-order valence-corrected chi connectivity index (χ4v) is 2.37. The lowest BCUT2D eigenvalue weighted by Crippen LogP contribution is -2.16. The Labute approximate surface area is 157 Å². The first-order valence-electron chi connectivity index (χ1n) is 8.72. The lowest BCUT2D eigenvalue weighted by molar-refractivity contribution is 0.147. The van der Waals surface area contributed by atoms with E-state index in [-0.39, 0.29) is 0 Å². The maximum atomic E-state index is 11.8. The maximum Gasteiger partial charge on any atom is 0.411 e. The van der Waals surface area contributed by atoms with Crippen LogP contribution in [0.5, 0.6) is 0 Å². The topological polar surface area (TPSA) is 94.0 Å². The monoisotopic (exact) mass is 366 g/mol. The number of nitrogens with one attached hydrogen (secondary N) is 2. The molecule has 0 fully saturated rings. The van der Waals surface area contributed by atoms with E-state index in [2.05, 4.69) is 26.2 Å². The van der Waals surface area contributed by atoms with Crippen molar-refractivity contribution in [3.8, 4) is 5.69 Å². The normalized spacial score (nSPS) is 10.6. The summed E-state index contributed by atoms with van der Waals surface area (Å²) in [7, 11) is 0. The van der Waals surface area contributed by atoms with Crippen molar-refractivity contribution in [1.29, 1.82) is 0 Å². The number of tetrazole rings is 1. The van der Waals surface area contributed by atoms with Crippen molar-refractivity contribution in [1.82, 2.24) is 20.2 Å². The first kappa shape index (κ1) is 18.4. The first-order chi connectivity index (χ1) is 13.1. The highest BCUT2D eigenvalue weighted by Crippen LogP contribution is 2.16. The Morgan fingerprint density at radius 3 is 2.67 bits per heavy atom. The van der Waals surface area contributed by atoms with Gasteiger partial charge in [-0.3, -0.25) is 5.32 Å². The molecule has 27 heavy (non-hydrogen) atoms. The second kappa shape index (κ2) is 8.79. The molecule has 3 rings (SSSR count). The lowest BCUT2D eigenvalue weighted by Gasteiger charge is -2.11. The summed E-state index contributed by atoms with van der Waals surface area (Å²) in [6, 6.07) is 17.1. The molecule has 0 atom stereocenters. The van der Waals surface area contributed by atoms with E-state index in [0.717, 1.165) is 11.4 Å². The molecule has 0 aliphatic rings. The molecule has 0 saturated heterocycles. The van der Waals surface area contributed by atoms with Gasteiger partial charge in [0.15, 0.2) is 5.82 Å². The van der Waals surface area contributed by atoms with Crippen molar-refractivity contribution in [2.45, 2.75) is 20.4 Å². The van der Waals surface area contributed by atoms with Gasteiger partial charge in [-0.05, 0) is 46.7 Å². The number of carbonyl (C=O) groups is 1. The van der Waals surface area contributed by atoms with Crippen LogP contribution in [0.2, 0.25) is 0 Å². The van der Waals surface area contributed by atoms with Gasteiger partial charge in [0, 0.05) is 11.4 Å². The van der Waals surface area contributed by atoms with Gasteiger partial charge in [0.25, 0.3) is 0 Å². The van der Waals surface area contributed by atoms with Gasteiger partial charge < -0.3 is 10.1 Å². The molecule has 140 valence electrons. The van der Waals surface area contributed by atoms with Crippen molar-refractivity contribution >= 4 is 17.5 Å². The summed E-state index contributed by atoms with van der Waals surface area (Å²) in [4.78, 5) is 11.8. The summed E-state index contributed by atoms with van der Waals surface area (Å²) >= 11 is 0. The SMILES string of the molecule is CC(C)COC(=O)Nc1cccc(NCc2nnnn2-c2ccccc2)c1. The van der Waals surface area contributed by atoms with Gasteiger partial charge in [-0.15, -0.1) is 5.10 Å². The van der Waals surface area contributed by atoms with Crippen LogP contribution in [-0.2, 0) is 11.3 Å². The highest BCUT2D eigenvalue weighted by molar-refractivity contribution is 5.85. The molecule has 0 unspecified atom stereocenters. The van der Waals surface area contributed by atoms with E-state index < -0.39 is 6.09 Å². The summed E-state index contributed by atoms with van der Waals surface area (Å²) in [5.74, 6) is 0.968. The van der Waals surface area contributed by atoms with Crippen LogP contribution in [0.4, 0.5) is 16.2 Å². The average molecular weight is 366 g/mol. The second-order valence-electron chi connectivity index (χ2n) is 6.39. The minimum absolute atomic E-state index is 0.291. The van der Waals surface area contributed by atoms with E-state index in [1.54, 1.807) is 10.7 Å². The number of hydrogen-bond donors (Lipinski definition) is 2. The number of hydrogen-bond acceptors (Lipinski definition) is 6. The quantitative estimate of drug-likeness (QED) is 0.665. The van der Waals surface area contributed by atoms with Crippen molar-refractivity contribution in [2.75, 3.05) is 17.2 Å². The number of nitrogens with zero attached hydrogens (tertiary/aromatic N) is 4. The van der Waals surface area contributed by atoms with E-state index >= 15 is 0 Å². The number of benzene rings is 2. The van der Waals surface area contributed by atoms with Crippen LogP contribution < -0.4 is 10.6 Å². The van der Waals surface area contributed by atoms with Gasteiger partial charge in [0.2, 0.25) is 0 Å².